The van der Waals surface area contributed by atoms with E-state index in [1.54, 1.807) is 30.3 Å². The molecule has 168 valence electrons. The summed E-state index contributed by atoms with van der Waals surface area (Å²) < 4.78 is 11.4. The van der Waals surface area contributed by atoms with E-state index >= 15 is 0 Å². The van der Waals surface area contributed by atoms with Crippen molar-refractivity contribution in [2.75, 3.05) is 13.2 Å². The van der Waals surface area contributed by atoms with E-state index in [2.05, 4.69) is 0 Å². The monoisotopic (exact) mass is 499 g/mol. The van der Waals surface area contributed by atoms with E-state index in [4.69, 9.17) is 32.7 Å². The molecule has 1 aliphatic heterocycles. The Morgan fingerprint density at radius 2 is 1.55 bits per heavy atom. The largest absolute Gasteiger partial charge is 0.492 e. The smallest absolute Gasteiger partial charge is 0.293 e. The van der Waals surface area contributed by atoms with Crippen LogP contribution in [0.4, 0.5) is 4.79 Å². The molecule has 0 saturated carbocycles. The molecule has 1 aliphatic rings. The van der Waals surface area contributed by atoms with Crippen molar-refractivity contribution in [3.63, 3.8) is 0 Å². The van der Waals surface area contributed by atoms with Gasteiger partial charge in [0.25, 0.3) is 11.1 Å². The molecule has 3 aromatic carbocycles. The molecule has 0 unspecified atom stereocenters. The van der Waals surface area contributed by atoms with Gasteiger partial charge in [-0.2, -0.15) is 0 Å². The van der Waals surface area contributed by atoms with Crippen molar-refractivity contribution in [2.45, 2.75) is 6.61 Å². The fourth-order valence-electron chi connectivity index (χ4n) is 3.07. The topological polar surface area (TPSA) is 55.8 Å². The van der Waals surface area contributed by atoms with Gasteiger partial charge in [-0.3, -0.25) is 14.5 Å². The number of carbonyl (C=O) groups is 2. The summed E-state index contributed by atoms with van der Waals surface area (Å²) in [4.78, 5) is 26.6. The second-order valence-corrected chi connectivity index (χ2v) is 8.99. The lowest BCUT2D eigenvalue weighted by Gasteiger charge is -2.13. The van der Waals surface area contributed by atoms with Gasteiger partial charge < -0.3 is 9.47 Å². The van der Waals surface area contributed by atoms with Gasteiger partial charge in [0.1, 0.15) is 24.7 Å². The fourth-order valence-corrected chi connectivity index (χ4v) is 4.19. The molecular formula is C25H19Cl2NO4S. The zero-order chi connectivity index (χ0) is 23.2. The van der Waals surface area contributed by atoms with Crippen LogP contribution >= 0.6 is 35.0 Å². The summed E-state index contributed by atoms with van der Waals surface area (Å²) >= 11 is 12.7. The van der Waals surface area contributed by atoms with Crippen molar-refractivity contribution in [3.8, 4) is 11.5 Å². The van der Waals surface area contributed by atoms with Crippen LogP contribution in [0.25, 0.3) is 6.08 Å². The Hall–Kier alpha value is -2.93. The summed E-state index contributed by atoms with van der Waals surface area (Å²) in [6.07, 6.45) is 1.69. The Labute approximate surface area is 205 Å². The molecule has 0 atom stereocenters. The average molecular weight is 500 g/mol. The second kappa shape index (κ2) is 10.8. The van der Waals surface area contributed by atoms with Crippen molar-refractivity contribution in [3.05, 3.63) is 98.9 Å². The number of halogens is 2. The molecule has 0 radical (unpaired) electrons. The predicted octanol–water partition coefficient (Wildman–Crippen LogP) is 6.69. The van der Waals surface area contributed by atoms with Crippen molar-refractivity contribution in [2.24, 2.45) is 0 Å². The van der Waals surface area contributed by atoms with Crippen LogP contribution in [0, 0.1) is 0 Å². The highest BCUT2D eigenvalue weighted by Gasteiger charge is 2.34. The number of benzene rings is 3. The van der Waals surface area contributed by atoms with Crippen LogP contribution in [0.5, 0.6) is 11.5 Å². The van der Waals surface area contributed by atoms with E-state index in [9.17, 15) is 9.59 Å². The minimum absolute atomic E-state index is 0.162. The highest BCUT2D eigenvalue weighted by atomic mass is 35.5. The summed E-state index contributed by atoms with van der Waals surface area (Å²) in [5.74, 6) is 0.948. The van der Waals surface area contributed by atoms with Crippen molar-refractivity contribution >= 4 is 52.2 Å². The maximum Gasteiger partial charge on any atom is 0.293 e. The first-order valence-electron chi connectivity index (χ1n) is 10.1. The number of thioether (sulfide) groups is 1. The van der Waals surface area contributed by atoms with Crippen LogP contribution in [0.15, 0.2) is 77.7 Å². The molecule has 2 amide bonds. The van der Waals surface area contributed by atoms with Crippen molar-refractivity contribution in [1.82, 2.24) is 4.90 Å². The van der Waals surface area contributed by atoms with E-state index in [1.807, 2.05) is 48.5 Å². The SMILES string of the molecule is O=C1S/C(=C\c2cccc(OCc3ccc(Cl)cc3)c2)C(=O)N1CCOc1ccc(Cl)cc1. The molecule has 3 aromatic rings. The van der Waals surface area contributed by atoms with Gasteiger partial charge in [-0.05, 0) is 77.5 Å². The lowest BCUT2D eigenvalue weighted by atomic mass is 10.2. The van der Waals surface area contributed by atoms with Gasteiger partial charge in [0.2, 0.25) is 0 Å². The Bertz CT molecular complexity index is 1180. The average Bonchev–Trinajstić information content (AvgIpc) is 3.07. The number of rotatable bonds is 8. The van der Waals surface area contributed by atoms with Gasteiger partial charge in [0.15, 0.2) is 0 Å². The third-order valence-electron chi connectivity index (χ3n) is 4.75. The molecule has 1 saturated heterocycles. The highest BCUT2D eigenvalue weighted by Crippen LogP contribution is 2.32. The quantitative estimate of drug-likeness (QED) is 0.323. The van der Waals surface area contributed by atoms with E-state index < -0.39 is 0 Å². The lowest BCUT2D eigenvalue weighted by Crippen LogP contribution is -2.32. The molecule has 0 aromatic heterocycles. The second-order valence-electron chi connectivity index (χ2n) is 7.12. The van der Waals surface area contributed by atoms with Gasteiger partial charge in [0.05, 0.1) is 11.4 Å². The van der Waals surface area contributed by atoms with Crippen molar-refractivity contribution in [1.29, 1.82) is 0 Å². The molecule has 5 nitrogen and oxygen atoms in total. The molecule has 0 aliphatic carbocycles. The van der Waals surface area contributed by atoms with Crippen molar-refractivity contribution < 1.29 is 19.1 Å². The van der Waals surface area contributed by atoms with Crippen LogP contribution in [-0.4, -0.2) is 29.2 Å². The molecule has 1 fully saturated rings. The molecule has 8 heteroatoms. The van der Waals surface area contributed by atoms with Crippen LogP contribution < -0.4 is 9.47 Å². The highest BCUT2D eigenvalue weighted by molar-refractivity contribution is 8.18. The molecule has 1 heterocycles. The number of hydrogen-bond donors (Lipinski definition) is 0. The number of amides is 2. The molecule has 33 heavy (non-hydrogen) atoms. The Balaban J connectivity index is 1.35. The summed E-state index contributed by atoms with van der Waals surface area (Å²) in [6, 6.07) is 21.7. The van der Waals surface area contributed by atoms with Gasteiger partial charge in [-0.25, -0.2) is 0 Å². The predicted molar refractivity (Wildman–Crippen MR) is 132 cm³/mol. The first-order valence-corrected chi connectivity index (χ1v) is 11.7. The van der Waals surface area contributed by atoms with Gasteiger partial charge in [-0.15, -0.1) is 0 Å². The summed E-state index contributed by atoms with van der Waals surface area (Å²) in [7, 11) is 0. The van der Waals surface area contributed by atoms with E-state index in [-0.39, 0.29) is 24.3 Å². The molecule has 4 rings (SSSR count). The number of imide groups is 1. The Morgan fingerprint density at radius 1 is 0.848 bits per heavy atom. The molecule has 0 bridgehead atoms. The first kappa shape index (κ1) is 23.2. The van der Waals surface area contributed by atoms with Gasteiger partial charge in [-0.1, -0.05) is 47.5 Å². The van der Waals surface area contributed by atoms with E-state index in [1.165, 1.54) is 4.90 Å². The zero-order valence-corrected chi connectivity index (χ0v) is 19.7. The lowest BCUT2D eigenvalue weighted by molar-refractivity contribution is -0.123. The van der Waals surface area contributed by atoms with E-state index in [0.717, 1.165) is 22.9 Å². The summed E-state index contributed by atoms with van der Waals surface area (Å²) in [6.45, 7) is 0.751. The maximum atomic E-state index is 12.7. The third-order valence-corrected chi connectivity index (χ3v) is 6.16. The van der Waals surface area contributed by atoms with Crippen LogP contribution in [0.1, 0.15) is 11.1 Å². The maximum absolute atomic E-state index is 12.7. The summed E-state index contributed by atoms with van der Waals surface area (Å²) in [5.41, 5.74) is 1.76. The fraction of sp³-hybridized carbons (Fsp3) is 0.120. The normalized spacial score (nSPS) is 14.7. The van der Waals surface area contributed by atoms with E-state index in [0.29, 0.717) is 33.1 Å². The van der Waals surface area contributed by atoms with Crippen LogP contribution in [-0.2, 0) is 11.4 Å². The standard InChI is InChI=1S/C25H19Cl2NO4S/c26-19-6-4-17(5-7-19)16-32-22-3-1-2-18(14-22)15-23-24(29)28(25(30)33-23)12-13-31-21-10-8-20(27)9-11-21/h1-11,14-15H,12-13,16H2/b23-15-. The number of carbonyl (C=O) groups excluding carboxylic acids is 2. The summed E-state index contributed by atoms with van der Waals surface area (Å²) in [5, 5.41) is 0.963. The minimum Gasteiger partial charge on any atom is -0.492 e. The molecular weight excluding hydrogens is 481 g/mol. The van der Waals surface area contributed by atoms with Crippen LogP contribution in [0.3, 0.4) is 0 Å². The number of hydrogen-bond acceptors (Lipinski definition) is 5. The minimum atomic E-state index is -0.336. The number of ether oxygens (including phenoxy) is 2. The van der Waals surface area contributed by atoms with Gasteiger partial charge >= 0.3 is 0 Å². The molecule has 0 N–H and O–H groups in total. The first-order chi connectivity index (χ1) is 16.0. The Morgan fingerprint density at radius 3 is 2.27 bits per heavy atom. The molecule has 0 spiro atoms. The Kier molecular flexibility index (Phi) is 7.60. The van der Waals surface area contributed by atoms with Crippen LogP contribution in [0.2, 0.25) is 10.0 Å². The third kappa shape index (κ3) is 6.32. The van der Waals surface area contributed by atoms with Gasteiger partial charge in [0, 0.05) is 10.0 Å². The number of nitrogens with zero attached hydrogens (tertiary/aromatic N) is 1. The zero-order valence-electron chi connectivity index (χ0n) is 17.4.